The summed E-state index contributed by atoms with van der Waals surface area (Å²) in [6.45, 7) is 41.2. The van der Waals surface area contributed by atoms with Crippen molar-refractivity contribution in [2.45, 2.75) is 194 Å². The Balaban J connectivity index is 0.00000129. The minimum atomic E-state index is -4.69. The van der Waals surface area contributed by atoms with E-state index in [0.29, 0.717) is 55.1 Å². The number of rotatable bonds is 24. The summed E-state index contributed by atoms with van der Waals surface area (Å²) in [6.07, 6.45) is -12.6. The predicted octanol–water partition coefficient (Wildman–Crippen LogP) is 19.1. The van der Waals surface area contributed by atoms with E-state index in [1.54, 1.807) is 121 Å². The third-order valence-corrected chi connectivity index (χ3v) is 24.5. The third-order valence-electron chi connectivity index (χ3n) is 13.7. The van der Waals surface area contributed by atoms with Gasteiger partial charge in [0.1, 0.15) is 84.4 Å². The average Bonchev–Trinajstić information content (AvgIpc) is 0.860. The lowest BCUT2D eigenvalue weighted by Crippen LogP contribution is -2.46. The van der Waals surface area contributed by atoms with Crippen molar-refractivity contribution in [1.82, 2.24) is 16.0 Å². The highest BCUT2D eigenvalue weighted by molar-refractivity contribution is 14.1. The van der Waals surface area contributed by atoms with Gasteiger partial charge in [-0.1, -0.05) is 133 Å². The van der Waals surface area contributed by atoms with Gasteiger partial charge in [-0.05, 0) is 180 Å². The number of benzene rings is 4. The highest BCUT2D eigenvalue weighted by atomic mass is 127. The molecule has 0 radical (unpaired) electrons. The lowest BCUT2D eigenvalue weighted by atomic mass is 10.1. The van der Waals surface area contributed by atoms with Gasteiger partial charge >= 0.3 is 36.8 Å². The van der Waals surface area contributed by atoms with Gasteiger partial charge < -0.3 is 68.2 Å². The summed E-state index contributed by atoms with van der Waals surface area (Å²) in [4.78, 5) is 34.4. The number of hydrogen-bond donors (Lipinski definition) is 5. The number of carbonyl (C=O) groups excluding carboxylic acids is 3. The summed E-state index contributed by atoms with van der Waals surface area (Å²) in [5.41, 5.74) is -1.80. The summed E-state index contributed by atoms with van der Waals surface area (Å²) in [5, 5.41) is 22.9. The quantitative estimate of drug-likeness (QED) is 0.0110. The van der Waals surface area contributed by atoms with Gasteiger partial charge in [-0.15, -0.1) is 6.58 Å². The zero-order chi connectivity index (χ0) is 78.1. The first-order valence-corrected chi connectivity index (χ1v) is 39.9. The molecule has 0 fully saturated rings. The number of hydrogen-bond acceptors (Lipinski definition) is 14. The van der Waals surface area contributed by atoms with Crippen LogP contribution in [0.2, 0.25) is 36.3 Å². The second-order valence-electron chi connectivity index (χ2n) is 27.9. The molecule has 4 rings (SSSR count). The van der Waals surface area contributed by atoms with Crippen LogP contribution in [0, 0.1) is 7.14 Å². The Hall–Kier alpha value is -5.79. The van der Waals surface area contributed by atoms with Gasteiger partial charge in [0, 0.05) is 11.1 Å². The van der Waals surface area contributed by atoms with Crippen molar-refractivity contribution >= 4 is 92.2 Å². The highest BCUT2D eigenvalue weighted by Crippen LogP contribution is 2.38. The molecule has 0 saturated carbocycles. The molecule has 4 aromatic carbocycles. The Morgan fingerprint density at radius 1 is 0.426 bits per heavy atom. The van der Waals surface area contributed by atoms with E-state index in [9.17, 15) is 53.9 Å². The molecule has 0 heterocycles. The molecule has 3 atom stereocenters. The lowest BCUT2D eigenvalue weighted by Gasteiger charge is -2.36. The van der Waals surface area contributed by atoms with Gasteiger partial charge in [-0.25, -0.2) is 14.4 Å². The summed E-state index contributed by atoms with van der Waals surface area (Å²) in [5.74, 6) is 2.53. The van der Waals surface area contributed by atoms with Crippen molar-refractivity contribution < 1.29 is 106 Å². The normalized spacial score (nSPS) is 13.3. The zero-order valence-electron chi connectivity index (χ0n) is 61.2. The fraction of sp³-hybridized carbons (Fsp3) is 0.535. The van der Waals surface area contributed by atoms with Crippen molar-refractivity contribution in [3.05, 3.63) is 140 Å². The fourth-order valence-electron chi connectivity index (χ4n) is 6.72. The van der Waals surface area contributed by atoms with Gasteiger partial charge in [0.2, 0.25) is 0 Å². The van der Waals surface area contributed by atoms with Gasteiger partial charge in [-0.2, -0.15) is 39.5 Å². The summed E-state index contributed by atoms with van der Waals surface area (Å²) < 4.78 is 167. The molecule has 3 amide bonds. The van der Waals surface area contributed by atoms with Crippen LogP contribution < -0.4 is 34.9 Å². The van der Waals surface area contributed by atoms with E-state index < -0.39 is 88.4 Å². The highest BCUT2D eigenvalue weighted by Gasteiger charge is 2.43. The zero-order valence-corrected chi connectivity index (χ0v) is 67.5. The summed E-state index contributed by atoms with van der Waals surface area (Å²) in [7, 11) is -3.55. The molecule has 572 valence electrons. The lowest BCUT2D eigenvalue weighted by molar-refractivity contribution is -0.144. The number of aliphatic hydroxyl groups excluding tert-OH is 2. The molecular weight excluding hydrogens is 1600 g/mol. The number of para-hydroxylation sites is 4. The molecule has 0 bridgehead atoms. The minimum absolute atomic E-state index is 0.0176. The maximum Gasteiger partial charge on any atom is 0.412 e. The molecule has 0 spiro atoms. The number of carbonyl (C=O) groups is 3. The predicted molar refractivity (Wildman–Crippen MR) is 400 cm³/mol. The standard InChI is InChI=1S/C23H36F3NO4Si.C17H22F3NO4.C14H23IO2Si.C9H14F3NO2.C8H9IO2/c1-21(2,3)31-20(28)27-19(23(24,25)26)14-13-17-11-9-10-12-18(17)29-15-16-30-32(7,8)22(4,5)6;1-16(2,3)25-15(23)21-14(17(18,19)20)9-8-12-6-4-5-7-13(12)24-11-10-22;1-14(2,3)18(4,5)17-11-10-16-13-9-7-6-8-12(13)15;1-5-6(9(10,11)12)13-7(14)15-8(2,3)4;9-7-3-1-2-4-8(7)11-6-5-10/h9-14,19H,15-16H2,1-8H3,(H,27,28);4-9,14,22H,10-11H2,1-3H3,(H,21,23);6-9H,10-11H2,1-5H3;5-6H,1H2,2-4H3,(H,13,14);1-4,10H,5-6H2/b14-13+;9-8+;;;/t19-;14-;;6-;/m00.0./s1. The molecule has 4 aromatic rings. The molecule has 30 heteroatoms. The number of halogens is 11. The second kappa shape index (κ2) is 43.5. The van der Waals surface area contributed by atoms with Crippen LogP contribution in [0.5, 0.6) is 23.0 Å². The molecule has 0 saturated heterocycles. The van der Waals surface area contributed by atoms with Gasteiger partial charge in [0.15, 0.2) is 16.6 Å². The van der Waals surface area contributed by atoms with Crippen molar-refractivity contribution in [2.75, 3.05) is 52.9 Å². The van der Waals surface area contributed by atoms with Gasteiger partial charge in [0.05, 0.1) is 33.6 Å². The monoisotopic (exact) mass is 1700 g/mol. The molecule has 0 aliphatic rings. The number of ether oxygens (including phenoxy) is 7. The number of amides is 3. The van der Waals surface area contributed by atoms with Crippen LogP contribution in [-0.4, -0.2) is 151 Å². The van der Waals surface area contributed by atoms with Crippen LogP contribution in [-0.2, 0) is 23.1 Å². The molecule has 101 heavy (non-hydrogen) atoms. The van der Waals surface area contributed by atoms with Crippen LogP contribution >= 0.6 is 45.2 Å². The first-order valence-electron chi connectivity index (χ1n) is 31.9. The van der Waals surface area contributed by atoms with Crippen molar-refractivity contribution in [3.63, 3.8) is 0 Å². The van der Waals surface area contributed by atoms with Crippen LogP contribution in [0.25, 0.3) is 12.2 Å². The molecule has 0 aromatic heterocycles. The Morgan fingerprint density at radius 3 is 0.950 bits per heavy atom. The Kier molecular flexibility index (Phi) is 41.0. The third kappa shape index (κ3) is 42.6. The maximum atomic E-state index is 13.4. The average molecular weight is 1700 g/mol. The Labute approximate surface area is 619 Å². The van der Waals surface area contributed by atoms with E-state index >= 15 is 0 Å². The molecule has 0 aliphatic heterocycles. The molecule has 5 N–H and O–H groups in total. The number of alkyl carbamates (subject to hydrolysis) is 3. The van der Waals surface area contributed by atoms with E-state index in [4.69, 9.17) is 47.5 Å². The second-order valence-corrected chi connectivity index (χ2v) is 39.9. The van der Waals surface area contributed by atoms with Gasteiger partial charge in [0.25, 0.3) is 0 Å². The fourth-order valence-corrected chi connectivity index (χ4v) is 9.86. The number of nitrogens with one attached hydrogen (secondary N) is 3. The SMILES string of the molecule is C=C[C@H](NC(=O)OC(C)(C)C)C(F)(F)F.CC(C)(C)OC(=O)N[C@@H](/C=C/c1ccccc1OCCO)C(F)(F)F.CC(C)(C)OC(=O)N[C@@H](/C=C/c1ccccc1OCCO[Si](C)(C)C(C)(C)C)C(F)(F)F.CC(C)(C)[Si](C)(C)OCCOc1ccccc1I.OCCOc1ccccc1I. The molecular formula is C71H104F9I2N3O14Si2. The Morgan fingerprint density at radius 2 is 0.683 bits per heavy atom. The minimum Gasteiger partial charge on any atom is -0.491 e. The topological polar surface area (TPSA) is 211 Å². The van der Waals surface area contributed by atoms with Crippen molar-refractivity contribution in [2.24, 2.45) is 0 Å². The largest absolute Gasteiger partial charge is 0.491 e. The van der Waals surface area contributed by atoms with E-state index in [2.05, 4.69) is 124 Å². The molecule has 17 nitrogen and oxygen atoms in total. The Bertz CT molecular complexity index is 3160. The van der Waals surface area contributed by atoms with Crippen molar-refractivity contribution in [3.8, 4) is 23.0 Å². The molecule has 0 unspecified atom stereocenters. The summed E-state index contributed by atoms with van der Waals surface area (Å²) >= 11 is 4.48. The first-order chi connectivity index (χ1) is 46.1. The van der Waals surface area contributed by atoms with E-state index in [-0.39, 0.29) is 36.5 Å². The molecule has 0 aliphatic carbocycles. The van der Waals surface area contributed by atoms with Crippen LogP contribution in [0.3, 0.4) is 0 Å². The van der Waals surface area contributed by atoms with Crippen molar-refractivity contribution in [1.29, 1.82) is 0 Å². The van der Waals surface area contributed by atoms with E-state index in [1.807, 2.05) is 53.8 Å². The maximum absolute atomic E-state index is 13.4. The van der Waals surface area contributed by atoms with E-state index in [1.165, 1.54) is 12.2 Å². The van der Waals surface area contributed by atoms with E-state index in [0.717, 1.165) is 30.8 Å². The van der Waals surface area contributed by atoms with Crippen LogP contribution in [0.15, 0.2) is 122 Å². The van der Waals surface area contributed by atoms with Crippen LogP contribution in [0.4, 0.5) is 53.9 Å². The summed E-state index contributed by atoms with van der Waals surface area (Å²) in [6, 6.07) is 22.4. The smallest absolute Gasteiger partial charge is 0.412 e. The van der Waals surface area contributed by atoms with Gasteiger partial charge in [-0.3, -0.25) is 0 Å². The number of alkyl halides is 9. The number of aliphatic hydroxyl groups is 2. The first kappa shape index (κ1) is 95.2. The van der Waals surface area contributed by atoms with Crippen LogP contribution in [0.1, 0.15) is 115 Å².